The van der Waals surface area contributed by atoms with E-state index >= 15 is 0 Å². The highest BCUT2D eigenvalue weighted by atomic mass is 16.5. The molecule has 0 saturated carbocycles. The van der Waals surface area contributed by atoms with Crippen LogP contribution < -0.4 is 14.8 Å². The Balaban J connectivity index is 1.52. The van der Waals surface area contributed by atoms with E-state index in [1.807, 2.05) is 57.2 Å². The zero-order chi connectivity index (χ0) is 21.0. The van der Waals surface area contributed by atoms with E-state index in [1.165, 1.54) is 0 Å². The minimum Gasteiger partial charge on any atom is -0.497 e. The third kappa shape index (κ3) is 5.08. The molecule has 0 radical (unpaired) electrons. The molecule has 6 nitrogen and oxygen atoms in total. The van der Waals surface area contributed by atoms with Crippen molar-refractivity contribution in [2.75, 3.05) is 32.1 Å². The van der Waals surface area contributed by atoms with E-state index in [0.29, 0.717) is 19.7 Å². The van der Waals surface area contributed by atoms with Crippen LogP contribution in [0.5, 0.6) is 11.5 Å². The Morgan fingerprint density at radius 2 is 1.72 bits per heavy atom. The number of carbonyl (C=O) groups is 2. The quantitative estimate of drug-likeness (QED) is 0.778. The Morgan fingerprint density at radius 1 is 1.10 bits per heavy atom. The zero-order valence-corrected chi connectivity index (χ0v) is 17.5. The minimum absolute atomic E-state index is 0.0131. The second-order valence-corrected chi connectivity index (χ2v) is 7.53. The topological polar surface area (TPSA) is 67.9 Å². The van der Waals surface area contributed by atoms with Gasteiger partial charge < -0.3 is 19.7 Å². The summed E-state index contributed by atoms with van der Waals surface area (Å²) in [5, 5.41) is 3.02. The highest BCUT2D eigenvalue weighted by Crippen LogP contribution is 2.25. The van der Waals surface area contributed by atoms with Gasteiger partial charge in [0.1, 0.15) is 18.1 Å². The predicted octanol–water partition coefficient (Wildman–Crippen LogP) is 3.49. The Kier molecular flexibility index (Phi) is 6.42. The molecule has 1 N–H and O–H groups in total. The lowest BCUT2D eigenvalue weighted by atomic mass is 10.0. The maximum atomic E-state index is 12.7. The van der Waals surface area contributed by atoms with Gasteiger partial charge >= 0.3 is 0 Å². The molecule has 1 saturated heterocycles. The third-order valence-electron chi connectivity index (χ3n) is 5.20. The Morgan fingerprint density at radius 3 is 2.34 bits per heavy atom. The summed E-state index contributed by atoms with van der Waals surface area (Å²) in [7, 11) is 1.61. The lowest BCUT2D eigenvalue weighted by Gasteiger charge is -2.18. The second kappa shape index (κ2) is 8.99. The standard InChI is InChI=1S/C23H28N2O4/c1-15-11-16(2)22(17(3)12-15)24-23(27)18-13-21(26)25(14-18)9-10-29-20-7-5-19(28-4)6-8-20/h5-8,11-12,18H,9-10,13-14H2,1-4H3,(H,24,27). The number of rotatable bonds is 7. The van der Waals surface area contributed by atoms with Crippen molar-refractivity contribution in [3.63, 3.8) is 0 Å². The molecule has 3 rings (SSSR count). The van der Waals surface area contributed by atoms with Crippen molar-refractivity contribution in [1.82, 2.24) is 4.90 Å². The van der Waals surface area contributed by atoms with Gasteiger partial charge in [-0.2, -0.15) is 0 Å². The van der Waals surface area contributed by atoms with Crippen molar-refractivity contribution >= 4 is 17.5 Å². The molecule has 0 aliphatic carbocycles. The van der Waals surface area contributed by atoms with Gasteiger partial charge in [0.2, 0.25) is 11.8 Å². The highest BCUT2D eigenvalue weighted by Gasteiger charge is 2.34. The number of nitrogens with zero attached hydrogens (tertiary/aromatic N) is 1. The van der Waals surface area contributed by atoms with Crippen LogP contribution in [0.25, 0.3) is 0 Å². The molecule has 1 heterocycles. The fourth-order valence-electron chi connectivity index (χ4n) is 3.71. The fraction of sp³-hybridized carbons (Fsp3) is 0.391. The van der Waals surface area contributed by atoms with Crippen molar-refractivity contribution < 1.29 is 19.1 Å². The first-order valence-electron chi connectivity index (χ1n) is 9.80. The summed E-state index contributed by atoms with van der Waals surface area (Å²) < 4.78 is 10.8. The van der Waals surface area contributed by atoms with E-state index in [0.717, 1.165) is 33.9 Å². The SMILES string of the molecule is COc1ccc(OCCN2CC(C(=O)Nc3c(C)cc(C)cc3C)CC2=O)cc1. The number of aryl methyl sites for hydroxylation is 3. The van der Waals surface area contributed by atoms with Gasteiger partial charge in [-0.15, -0.1) is 0 Å². The summed E-state index contributed by atoms with van der Waals surface area (Å²) in [4.78, 5) is 26.7. The monoisotopic (exact) mass is 396 g/mol. The van der Waals surface area contributed by atoms with Crippen molar-refractivity contribution in [2.45, 2.75) is 27.2 Å². The van der Waals surface area contributed by atoms with Gasteiger partial charge in [0.25, 0.3) is 0 Å². The van der Waals surface area contributed by atoms with E-state index in [-0.39, 0.29) is 24.2 Å². The first kappa shape index (κ1) is 20.7. The largest absolute Gasteiger partial charge is 0.497 e. The van der Waals surface area contributed by atoms with Crippen molar-refractivity contribution in [3.8, 4) is 11.5 Å². The first-order chi connectivity index (χ1) is 13.9. The normalized spacial score (nSPS) is 16.1. The van der Waals surface area contributed by atoms with Crippen molar-refractivity contribution in [3.05, 3.63) is 53.1 Å². The van der Waals surface area contributed by atoms with E-state index in [2.05, 4.69) is 5.32 Å². The molecule has 1 aliphatic rings. The van der Waals surface area contributed by atoms with E-state index in [4.69, 9.17) is 9.47 Å². The van der Waals surface area contributed by atoms with Gasteiger partial charge in [0.05, 0.1) is 19.6 Å². The van der Waals surface area contributed by atoms with Crippen molar-refractivity contribution in [2.24, 2.45) is 5.92 Å². The van der Waals surface area contributed by atoms with E-state index in [1.54, 1.807) is 12.0 Å². The van der Waals surface area contributed by atoms with Crippen LogP contribution in [0.2, 0.25) is 0 Å². The average molecular weight is 396 g/mol. The van der Waals surface area contributed by atoms with Gasteiger partial charge in [0.15, 0.2) is 0 Å². The Hall–Kier alpha value is -3.02. The van der Waals surface area contributed by atoms with Gasteiger partial charge in [-0.3, -0.25) is 9.59 Å². The van der Waals surface area contributed by atoms with Crippen LogP contribution in [0, 0.1) is 26.7 Å². The number of methoxy groups -OCH3 is 1. The molecule has 2 aromatic rings. The van der Waals surface area contributed by atoms with E-state index < -0.39 is 0 Å². The molecule has 6 heteroatoms. The van der Waals surface area contributed by atoms with Crippen LogP contribution in [-0.4, -0.2) is 43.5 Å². The van der Waals surface area contributed by atoms with Crippen molar-refractivity contribution in [1.29, 1.82) is 0 Å². The molecular formula is C23H28N2O4. The molecular weight excluding hydrogens is 368 g/mol. The Labute approximate surface area is 171 Å². The minimum atomic E-state index is -0.344. The molecule has 1 aliphatic heterocycles. The van der Waals surface area contributed by atoms with Crippen LogP contribution in [-0.2, 0) is 9.59 Å². The number of ether oxygens (including phenoxy) is 2. The Bertz CT molecular complexity index is 869. The summed E-state index contributed by atoms with van der Waals surface area (Å²) in [5.41, 5.74) is 4.07. The predicted molar refractivity (Wildman–Crippen MR) is 112 cm³/mol. The molecule has 0 bridgehead atoms. The summed E-state index contributed by atoms with van der Waals surface area (Å²) in [6, 6.07) is 11.4. The molecule has 29 heavy (non-hydrogen) atoms. The molecule has 0 aromatic heterocycles. The number of anilines is 1. The molecule has 1 fully saturated rings. The first-order valence-corrected chi connectivity index (χ1v) is 9.80. The smallest absolute Gasteiger partial charge is 0.229 e. The van der Waals surface area contributed by atoms with Gasteiger partial charge in [-0.1, -0.05) is 17.7 Å². The zero-order valence-electron chi connectivity index (χ0n) is 17.5. The van der Waals surface area contributed by atoms with Crippen LogP contribution in [0.1, 0.15) is 23.1 Å². The summed E-state index contributed by atoms with van der Waals surface area (Å²) in [6.45, 7) is 7.25. The molecule has 2 aromatic carbocycles. The lowest BCUT2D eigenvalue weighted by Crippen LogP contribution is -2.31. The number of nitrogens with one attached hydrogen (secondary N) is 1. The number of hydrogen-bond acceptors (Lipinski definition) is 4. The molecule has 154 valence electrons. The molecule has 2 amide bonds. The van der Waals surface area contributed by atoms with Crippen LogP contribution in [0.3, 0.4) is 0 Å². The average Bonchev–Trinajstić information content (AvgIpc) is 3.06. The van der Waals surface area contributed by atoms with Crippen LogP contribution >= 0.6 is 0 Å². The number of benzene rings is 2. The van der Waals surface area contributed by atoms with Crippen LogP contribution in [0.4, 0.5) is 5.69 Å². The summed E-state index contributed by atoms with van der Waals surface area (Å²) in [5.74, 6) is 1.02. The fourth-order valence-corrected chi connectivity index (χ4v) is 3.71. The van der Waals surface area contributed by atoms with Gasteiger partial charge in [-0.05, 0) is 56.2 Å². The number of hydrogen-bond donors (Lipinski definition) is 1. The number of amides is 2. The van der Waals surface area contributed by atoms with Gasteiger partial charge in [0, 0.05) is 18.7 Å². The molecule has 1 unspecified atom stereocenters. The van der Waals surface area contributed by atoms with E-state index in [9.17, 15) is 9.59 Å². The number of likely N-dealkylation sites (tertiary alicyclic amines) is 1. The maximum absolute atomic E-state index is 12.7. The maximum Gasteiger partial charge on any atom is 0.229 e. The third-order valence-corrected chi connectivity index (χ3v) is 5.20. The molecule has 1 atom stereocenters. The summed E-state index contributed by atoms with van der Waals surface area (Å²) >= 11 is 0. The summed E-state index contributed by atoms with van der Waals surface area (Å²) in [6.07, 6.45) is 0.234. The van der Waals surface area contributed by atoms with Crippen LogP contribution in [0.15, 0.2) is 36.4 Å². The molecule has 0 spiro atoms. The van der Waals surface area contributed by atoms with Gasteiger partial charge in [-0.25, -0.2) is 0 Å². The second-order valence-electron chi connectivity index (χ2n) is 7.53. The highest BCUT2D eigenvalue weighted by molar-refractivity contribution is 5.98. The number of carbonyl (C=O) groups excluding carboxylic acids is 2. The lowest BCUT2D eigenvalue weighted by molar-refractivity contribution is -0.128.